The highest BCUT2D eigenvalue weighted by Gasteiger charge is 2.43. The molecule has 3 rings (SSSR count). The number of ether oxygens (including phenoxy) is 2. The van der Waals surface area contributed by atoms with Crippen LogP contribution in [0.25, 0.3) is 0 Å². The van der Waals surface area contributed by atoms with Crippen LogP contribution in [0.1, 0.15) is 142 Å². The first-order valence-corrected chi connectivity index (χ1v) is 17.5. The monoisotopic (exact) mass is 643 g/mol. The number of aliphatic hydroxyl groups is 1. The summed E-state index contributed by atoms with van der Waals surface area (Å²) in [6, 6.07) is 17.3. The average Bonchev–Trinajstić information content (AvgIpc) is 2.99. The van der Waals surface area contributed by atoms with Gasteiger partial charge in [-0.25, -0.2) is 0 Å². The van der Waals surface area contributed by atoms with Gasteiger partial charge in [0.15, 0.2) is 0 Å². The summed E-state index contributed by atoms with van der Waals surface area (Å²) >= 11 is 0. The maximum absolute atomic E-state index is 13.5. The summed E-state index contributed by atoms with van der Waals surface area (Å²) in [6.45, 7) is 26.8. The first-order valence-electron chi connectivity index (χ1n) is 17.5. The molecule has 0 fully saturated rings. The molecule has 258 valence electrons. The van der Waals surface area contributed by atoms with Crippen molar-refractivity contribution in [2.75, 3.05) is 13.2 Å². The molecule has 0 aliphatic rings. The molecular formula is C42H61NO4. The van der Waals surface area contributed by atoms with Crippen LogP contribution in [0.3, 0.4) is 0 Å². The van der Waals surface area contributed by atoms with Gasteiger partial charge in [0.25, 0.3) is 0 Å². The lowest BCUT2D eigenvalue weighted by molar-refractivity contribution is 0.0519. The molecule has 0 heterocycles. The molecule has 0 amide bonds. The molecule has 1 unspecified atom stereocenters. The van der Waals surface area contributed by atoms with Crippen molar-refractivity contribution < 1.29 is 19.7 Å². The van der Waals surface area contributed by atoms with E-state index in [4.69, 9.17) is 14.5 Å². The largest absolute Gasteiger partial charge is 0.507 e. The average molecular weight is 644 g/mol. The molecule has 0 radical (unpaired) electrons. The zero-order chi connectivity index (χ0) is 35.2. The van der Waals surface area contributed by atoms with Gasteiger partial charge in [0.2, 0.25) is 0 Å². The molecule has 0 aromatic heterocycles. The summed E-state index contributed by atoms with van der Waals surface area (Å²) < 4.78 is 12.9. The van der Waals surface area contributed by atoms with Crippen molar-refractivity contribution in [1.82, 2.24) is 0 Å². The number of phenols is 1. The predicted molar refractivity (Wildman–Crippen MR) is 198 cm³/mol. The Hall–Kier alpha value is -3.31. The van der Waals surface area contributed by atoms with Crippen LogP contribution in [0.5, 0.6) is 17.2 Å². The van der Waals surface area contributed by atoms with Gasteiger partial charge < -0.3 is 19.7 Å². The lowest BCUT2D eigenvalue weighted by Gasteiger charge is -2.37. The minimum absolute atomic E-state index is 0.0983. The highest BCUT2D eigenvalue weighted by Crippen LogP contribution is 2.46. The smallest absolute Gasteiger partial charge is 0.144 e. The van der Waals surface area contributed by atoms with Gasteiger partial charge >= 0.3 is 0 Å². The molecule has 1 atom stereocenters. The molecule has 47 heavy (non-hydrogen) atoms. The predicted octanol–water partition coefficient (Wildman–Crippen LogP) is 10.4. The van der Waals surface area contributed by atoms with Gasteiger partial charge in [0, 0.05) is 22.9 Å². The van der Waals surface area contributed by atoms with Crippen molar-refractivity contribution in [3.63, 3.8) is 0 Å². The molecule has 2 N–H and O–H groups in total. The highest BCUT2D eigenvalue weighted by atomic mass is 16.5. The zero-order valence-corrected chi connectivity index (χ0v) is 31.3. The Morgan fingerprint density at radius 2 is 1.06 bits per heavy atom. The van der Waals surface area contributed by atoms with Gasteiger partial charge in [-0.3, -0.25) is 4.99 Å². The van der Waals surface area contributed by atoms with E-state index in [2.05, 4.69) is 100 Å². The lowest BCUT2D eigenvalue weighted by Crippen LogP contribution is -2.39. The second-order valence-electron chi connectivity index (χ2n) is 16.1. The standard InChI is InChI=1S/C42H61NO4/c1-13-15-23-46-37-21-18-32(40(7,8)9)26-34(37)42(45,29(3)43-28-30-25-31(39(4,5)6)17-20-36(30)44)35-27-33(41(10,11)12)19-22-38(35)47-24-16-14-2/h17-22,25-29,44-45H,13-16,23-24H2,1-12H3. The number of aromatic hydroxyl groups is 1. The maximum Gasteiger partial charge on any atom is 0.144 e. The van der Waals surface area contributed by atoms with Crippen molar-refractivity contribution in [2.24, 2.45) is 4.99 Å². The molecule has 0 aliphatic heterocycles. The molecule has 0 saturated carbocycles. The molecule has 0 aliphatic carbocycles. The van der Waals surface area contributed by atoms with E-state index in [0.717, 1.165) is 42.4 Å². The Kier molecular flexibility index (Phi) is 12.4. The summed E-state index contributed by atoms with van der Waals surface area (Å²) in [5, 5.41) is 24.3. The van der Waals surface area contributed by atoms with Crippen LogP contribution < -0.4 is 9.47 Å². The van der Waals surface area contributed by atoms with Crippen molar-refractivity contribution in [1.29, 1.82) is 0 Å². The van der Waals surface area contributed by atoms with Crippen LogP contribution in [-0.4, -0.2) is 35.7 Å². The molecule has 0 bridgehead atoms. The van der Waals surface area contributed by atoms with Crippen molar-refractivity contribution >= 4 is 6.21 Å². The van der Waals surface area contributed by atoms with Crippen LogP contribution in [-0.2, 0) is 21.8 Å². The third-order valence-electron chi connectivity index (χ3n) is 8.96. The Balaban J connectivity index is 2.39. The number of unbranched alkanes of at least 4 members (excludes halogenated alkanes) is 2. The van der Waals surface area contributed by atoms with Crippen LogP contribution in [0.15, 0.2) is 59.6 Å². The van der Waals surface area contributed by atoms with E-state index in [-0.39, 0.29) is 22.0 Å². The summed E-state index contributed by atoms with van der Waals surface area (Å²) in [4.78, 5) is 5.02. The molecular weight excluding hydrogens is 582 g/mol. The summed E-state index contributed by atoms with van der Waals surface area (Å²) in [6.07, 6.45) is 5.50. The summed E-state index contributed by atoms with van der Waals surface area (Å²) in [5.74, 6) is 1.41. The number of hydrogen-bond acceptors (Lipinski definition) is 5. The SMILES string of the molecule is CCCCOc1ccc(C(C)(C)C)cc1C(O)(c1cc(C(C)(C)C)ccc1OCCCC)C(C)N=Cc1cc(C(C)(C)C)ccc1O. The minimum atomic E-state index is -1.64. The number of phenolic OH excluding ortho intramolecular Hbond substituents is 1. The maximum atomic E-state index is 13.5. The number of aliphatic imine (C=N–C) groups is 1. The molecule has 5 heteroatoms. The van der Waals surface area contributed by atoms with Crippen LogP contribution in [0, 0.1) is 0 Å². The minimum Gasteiger partial charge on any atom is -0.507 e. The van der Waals surface area contributed by atoms with Gasteiger partial charge in [-0.05, 0) is 89.1 Å². The van der Waals surface area contributed by atoms with E-state index in [1.54, 1.807) is 12.3 Å². The fourth-order valence-electron chi connectivity index (χ4n) is 5.51. The van der Waals surface area contributed by atoms with Crippen LogP contribution in [0.2, 0.25) is 0 Å². The second-order valence-corrected chi connectivity index (χ2v) is 16.1. The van der Waals surface area contributed by atoms with Crippen molar-refractivity contribution in [2.45, 2.75) is 137 Å². The van der Waals surface area contributed by atoms with Crippen molar-refractivity contribution in [3.8, 4) is 17.2 Å². The zero-order valence-electron chi connectivity index (χ0n) is 31.3. The summed E-state index contributed by atoms with van der Waals surface area (Å²) in [7, 11) is 0. The Bertz CT molecular complexity index is 1430. The third-order valence-corrected chi connectivity index (χ3v) is 8.96. The van der Waals surface area contributed by atoms with Gasteiger partial charge in [0.05, 0.1) is 19.3 Å². The highest BCUT2D eigenvalue weighted by molar-refractivity contribution is 5.84. The first kappa shape index (κ1) is 38.1. The summed E-state index contributed by atoms with van der Waals surface area (Å²) in [5.41, 5.74) is 3.11. The molecule has 3 aromatic rings. The number of benzene rings is 3. The lowest BCUT2D eigenvalue weighted by atomic mass is 9.75. The van der Waals surface area contributed by atoms with E-state index < -0.39 is 11.6 Å². The van der Waals surface area contributed by atoms with E-state index in [1.165, 1.54) is 0 Å². The molecule has 5 nitrogen and oxygen atoms in total. The van der Waals surface area contributed by atoms with E-state index >= 15 is 0 Å². The number of rotatable bonds is 13. The van der Waals surface area contributed by atoms with E-state index in [9.17, 15) is 10.2 Å². The van der Waals surface area contributed by atoms with Gasteiger partial charge in [0.1, 0.15) is 22.8 Å². The van der Waals surface area contributed by atoms with Gasteiger partial charge in [-0.15, -0.1) is 0 Å². The Morgan fingerprint density at radius 1 is 0.660 bits per heavy atom. The van der Waals surface area contributed by atoms with Crippen LogP contribution in [0.4, 0.5) is 0 Å². The van der Waals surface area contributed by atoms with E-state index in [1.807, 2.05) is 31.2 Å². The number of hydrogen-bond donors (Lipinski definition) is 2. The molecule has 0 saturated heterocycles. The fourth-order valence-corrected chi connectivity index (χ4v) is 5.51. The Labute approximate surface area is 285 Å². The third kappa shape index (κ3) is 9.41. The molecule has 0 spiro atoms. The number of nitrogens with zero attached hydrogens (tertiary/aromatic N) is 1. The first-order chi connectivity index (χ1) is 21.8. The van der Waals surface area contributed by atoms with Gasteiger partial charge in [-0.2, -0.15) is 0 Å². The second kappa shape index (κ2) is 15.3. The Morgan fingerprint density at radius 3 is 1.47 bits per heavy atom. The quantitative estimate of drug-likeness (QED) is 0.144. The van der Waals surface area contributed by atoms with Crippen LogP contribution >= 0.6 is 0 Å². The van der Waals surface area contributed by atoms with Gasteiger partial charge in [-0.1, -0.05) is 107 Å². The normalized spacial score (nSPS) is 13.6. The van der Waals surface area contributed by atoms with E-state index in [0.29, 0.717) is 41.4 Å². The van der Waals surface area contributed by atoms with Crippen molar-refractivity contribution in [3.05, 3.63) is 88.0 Å². The fraction of sp³-hybridized carbons (Fsp3) is 0.548. The molecule has 3 aromatic carbocycles. The topological polar surface area (TPSA) is 71.3 Å².